The Hall–Kier alpha value is -1.39. The highest BCUT2D eigenvalue weighted by molar-refractivity contribution is 5.47. The van der Waals surface area contributed by atoms with Gasteiger partial charge in [0.1, 0.15) is 0 Å². The largest absolute Gasteiger partial charge is 0.432 e. The van der Waals surface area contributed by atoms with Crippen molar-refractivity contribution in [2.24, 2.45) is 5.92 Å². The van der Waals surface area contributed by atoms with Gasteiger partial charge in [0, 0.05) is 18.3 Å². The molecule has 0 aromatic heterocycles. The summed E-state index contributed by atoms with van der Waals surface area (Å²) in [6.07, 6.45) is 0. The van der Waals surface area contributed by atoms with Gasteiger partial charge in [-0.1, -0.05) is 13.8 Å². The first-order chi connectivity index (χ1) is 7.49. The van der Waals surface area contributed by atoms with E-state index in [0.29, 0.717) is 18.2 Å². The fraction of sp³-hybridized carbons (Fsp3) is 0.455. The van der Waals surface area contributed by atoms with Crippen LogP contribution in [-0.4, -0.2) is 13.2 Å². The molecule has 0 aliphatic rings. The van der Waals surface area contributed by atoms with Crippen molar-refractivity contribution in [2.75, 3.05) is 11.9 Å². The van der Waals surface area contributed by atoms with E-state index in [1.54, 1.807) is 0 Å². The van der Waals surface area contributed by atoms with E-state index in [-0.39, 0.29) is 0 Å². The van der Waals surface area contributed by atoms with Crippen molar-refractivity contribution in [3.63, 3.8) is 0 Å². The van der Waals surface area contributed by atoms with Gasteiger partial charge in [-0.05, 0) is 18.1 Å². The number of rotatable bonds is 5. The molecule has 1 rings (SSSR count). The molecule has 0 heterocycles. The van der Waals surface area contributed by atoms with Gasteiger partial charge in [0.2, 0.25) is 0 Å². The minimum atomic E-state index is -3.01. The van der Waals surface area contributed by atoms with Gasteiger partial charge in [0.15, 0.2) is 11.6 Å². The quantitative estimate of drug-likeness (QED) is 0.840. The van der Waals surface area contributed by atoms with E-state index in [1.807, 2.05) is 13.8 Å². The van der Waals surface area contributed by atoms with Crippen LogP contribution < -0.4 is 10.1 Å². The lowest BCUT2D eigenvalue weighted by Gasteiger charge is -2.10. The Bertz CT molecular complexity index is 342. The molecule has 2 nitrogen and oxygen atoms in total. The van der Waals surface area contributed by atoms with E-state index in [1.165, 1.54) is 12.1 Å². The van der Waals surface area contributed by atoms with Gasteiger partial charge in [0.05, 0.1) is 0 Å². The third kappa shape index (κ3) is 4.00. The van der Waals surface area contributed by atoms with Crippen molar-refractivity contribution in [3.8, 4) is 5.75 Å². The number of hydrogen-bond donors (Lipinski definition) is 1. The summed E-state index contributed by atoms with van der Waals surface area (Å²) >= 11 is 0. The molecule has 0 atom stereocenters. The summed E-state index contributed by atoms with van der Waals surface area (Å²) in [5.74, 6) is -0.820. The smallest absolute Gasteiger partial charge is 0.387 e. The Morgan fingerprint density at radius 2 is 2.00 bits per heavy atom. The average molecular weight is 233 g/mol. The summed E-state index contributed by atoms with van der Waals surface area (Å²) in [5, 5.41) is 2.98. The molecule has 0 unspecified atom stereocenters. The molecule has 1 N–H and O–H groups in total. The molecule has 0 bridgehead atoms. The van der Waals surface area contributed by atoms with Crippen LogP contribution in [0.4, 0.5) is 18.9 Å². The normalized spacial score (nSPS) is 10.9. The molecule has 0 radical (unpaired) electrons. The summed E-state index contributed by atoms with van der Waals surface area (Å²) in [6, 6.07) is 3.83. The van der Waals surface area contributed by atoms with Gasteiger partial charge in [-0.3, -0.25) is 0 Å². The summed E-state index contributed by atoms with van der Waals surface area (Å²) in [5.41, 5.74) is 0.549. The Morgan fingerprint density at radius 3 is 2.50 bits per heavy atom. The second kappa shape index (κ2) is 5.63. The molecule has 90 valence electrons. The number of alkyl halides is 2. The van der Waals surface area contributed by atoms with Crippen molar-refractivity contribution in [1.82, 2.24) is 0 Å². The molecule has 0 aliphatic carbocycles. The molecular formula is C11H14F3NO. The van der Waals surface area contributed by atoms with Crippen LogP contribution in [-0.2, 0) is 0 Å². The maximum absolute atomic E-state index is 13.2. The molecule has 0 spiro atoms. The van der Waals surface area contributed by atoms with Crippen LogP contribution in [0.2, 0.25) is 0 Å². The predicted molar refractivity (Wildman–Crippen MR) is 56.4 cm³/mol. The molecule has 0 fully saturated rings. The lowest BCUT2D eigenvalue weighted by Crippen LogP contribution is -2.08. The first-order valence-corrected chi connectivity index (χ1v) is 4.97. The van der Waals surface area contributed by atoms with Gasteiger partial charge in [-0.15, -0.1) is 0 Å². The van der Waals surface area contributed by atoms with Crippen LogP contribution in [0.15, 0.2) is 18.2 Å². The van der Waals surface area contributed by atoms with Gasteiger partial charge >= 0.3 is 6.61 Å². The molecule has 0 aliphatic heterocycles. The van der Waals surface area contributed by atoms with Crippen LogP contribution in [0, 0.1) is 11.7 Å². The highest BCUT2D eigenvalue weighted by atomic mass is 19.3. The van der Waals surface area contributed by atoms with Crippen molar-refractivity contribution >= 4 is 5.69 Å². The van der Waals surface area contributed by atoms with Crippen molar-refractivity contribution < 1.29 is 17.9 Å². The van der Waals surface area contributed by atoms with Crippen molar-refractivity contribution in [1.29, 1.82) is 0 Å². The topological polar surface area (TPSA) is 21.3 Å². The van der Waals surface area contributed by atoms with Gasteiger partial charge in [-0.2, -0.15) is 8.78 Å². The first kappa shape index (κ1) is 12.7. The Labute approximate surface area is 92.4 Å². The summed E-state index contributed by atoms with van der Waals surface area (Å²) in [4.78, 5) is 0. The van der Waals surface area contributed by atoms with E-state index >= 15 is 0 Å². The van der Waals surface area contributed by atoms with Gasteiger partial charge in [0.25, 0.3) is 0 Å². The highest BCUT2D eigenvalue weighted by Gasteiger charge is 2.10. The van der Waals surface area contributed by atoms with Crippen LogP contribution in [0.1, 0.15) is 13.8 Å². The number of ether oxygens (including phenoxy) is 1. The molecule has 0 saturated carbocycles. The second-order valence-electron chi connectivity index (χ2n) is 3.80. The number of hydrogen-bond acceptors (Lipinski definition) is 2. The second-order valence-corrected chi connectivity index (χ2v) is 3.80. The fourth-order valence-electron chi connectivity index (χ4n) is 1.12. The molecule has 1 aromatic carbocycles. The number of anilines is 1. The molecule has 0 amide bonds. The van der Waals surface area contributed by atoms with Crippen LogP contribution in [0.3, 0.4) is 0 Å². The zero-order valence-electron chi connectivity index (χ0n) is 9.14. The zero-order chi connectivity index (χ0) is 12.1. The third-order valence-electron chi connectivity index (χ3n) is 1.86. The fourth-order valence-corrected chi connectivity index (χ4v) is 1.12. The predicted octanol–water partition coefficient (Wildman–Crippen LogP) is 3.50. The minimum absolute atomic E-state index is 0.417. The first-order valence-electron chi connectivity index (χ1n) is 4.97. The minimum Gasteiger partial charge on any atom is -0.432 e. The molecule has 5 heteroatoms. The van der Waals surface area contributed by atoms with E-state index < -0.39 is 18.2 Å². The molecule has 16 heavy (non-hydrogen) atoms. The Kier molecular flexibility index (Phi) is 4.46. The van der Waals surface area contributed by atoms with Crippen LogP contribution >= 0.6 is 0 Å². The lowest BCUT2D eigenvalue weighted by atomic mass is 10.2. The Morgan fingerprint density at radius 1 is 1.31 bits per heavy atom. The van der Waals surface area contributed by atoms with Crippen LogP contribution in [0.5, 0.6) is 5.75 Å². The standard InChI is InChI=1S/C11H14F3NO/c1-7(2)6-15-8-3-4-10(9(12)5-8)16-11(13)14/h3-5,7,11,15H,6H2,1-2H3. The number of nitrogens with one attached hydrogen (secondary N) is 1. The monoisotopic (exact) mass is 233 g/mol. The Balaban J connectivity index is 2.67. The highest BCUT2D eigenvalue weighted by Crippen LogP contribution is 2.22. The summed E-state index contributed by atoms with van der Waals surface area (Å²) in [6.45, 7) is 1.70. The van der Waals surface area contributed by atoms with E-state index in [0.717, 1.165) is 6.07 Å². The molecular weight excluding hydrogens is 219 g/mol. The van der Waals surface area contributed by atoms with Gasteiger partial charge < -0.3 is 10.1 Å². The summed E-state index contributed by atoms with van der Waals surface area (Å²) < 4.78 is 40.9. The van der Waals surface area contributed by atoms with Crippen molar-refractivity contribution in [2.45, 2.75) is 20.5 Å². The lowest BCUT2D eigenvalue weighted by molar-refractivity contribution is -0.0521. The van der Waals surface area contributed by atoms with E-state index in [2.05, 4.69) is 10.1 Å². The van der Waals surface area contributed by atoms with Crippen molar-refractivity contribution in [3.05, 3.63) is 24.0 Å². The van der Waals surface area contributed by atoms with Gasteiger partial charge in [-0.25, -0.2) is 4.39 Å². The molecule has 1 aromatic rings. The zero-order valence-corrected chi connectivity index (χ0v) is 9.14. The maximum atomic E-state index is 13.2. The summed E-state index contributed by atoms with van der Waals surface area (Å²) in [7, 11) is 0. The van der Waals surface area contributed by atoms with Crippen LogP contribution in [0.25, 0.3) is 0 Å². The molecule has 0 saturated heterocycles. The van der Waals surface area contributed by atoms with E-state index in [9.17, 15) is 13.2 Å². The maximum Gasteiger partial charge on any atom is 0.387 e. The number of benzene rings is 1. The SMILES string of the molecule is CC(C)CNc1ccc(OC(F)F)c(F)c1. The third-order valence-corrected chi connectivity index (χ3v) is 1.86. The van der Waals surface area contributed by atoms with E-state index in [4.69, 9.17) is 0 Å². The number of halogens is 3. The average Bonchev–Trinajstić information content (AvgIpc) is 2.18.